The summed E-state index contributed by atoms with van der Waals surface area (Å²) < 4.78 is 1.44. The standard InChI is InChI=1S/C19H21N5O2/c1-13-10-19(26)24-17(21-13)12-15(22-24)16-7-3-5-9-23(16)18(25)11-14-6-2-4-8-20-14/h2,4,6,8,10,12,16,22H,3,5,7,9,11H2,1H3/t16-/m1/s1. The van der Waals surface area contributed by atoms with Crippen molar-refractivity contribution in [3.63, 3.8) is 0 Å². The first-order chi connectivity index (χ1) is 12.6. The summed E-state index contributed by atoms with van der Waals surface area (Å²) in [6.07, 6.45) is 4.90. The predicted molar refractivity (Wildman–Crippen MR) is 96.8 cm³/mol. The van der Waals surface area contributed by atoms with Gasteiger partial charge in [-0.3, -0.25) is 19.7 Å². The Bertz CT molecular complexity index is 992. The van der Waals surface area contributed by atoms with Gasteiger partial charge in [-0.2, -0.15) is 0 Å². The molecule has 0 aromatic carbocycles. The van der Waals surface area contributed by atoms with Crippen molar-refractivity contribution in [2.75, 3.05) is 6.54 Å². The molecule has 0 spiro atoms. The summed E-state index contributed by atoms with van der Waals surface area (Å²) in [5, 5.41) is 3.14. The Morgan fingerprint density at radius 3 is 3.00 bits per heavy atom. The Balaban J connectivity index is 1.64. The fraction of sp³-hybridized carbons (Fsp3) is 0.368. The van der Waals surface area contributed by atoms with Gasteiger partial charge >= 0.3 is 0 Å². The Labute approximate surface area is 150 Å². The van der Waals surface area contributed by atoms with Crippen LogP contribution in [-0.2, 0) is 11.2 Å². The molecule has 0 radical (unpaired) electrons. The molecular weight excluding hydrogens is 330 g/mol. The average Bonchev–Trinajstić information content (AvgIpc) is 3.07. The number of piperidine rings is 1. The van der Waals surface area contributed by atoms with Gasteiger partial charge in [-0.15, -0.1) is 0 Å². The third kappa shape index (κ3) is 3.12. The molecule has 1 aliphatic heterocycles. The first kappa shape index (κ1) is 16.5. The van der Waals surface area contributed by atoms with E-state index in [4.69, 9.17) is 0 Å². The Kier molecular flexibility index (Phi) is 4.28. The van der Waals surface area contributed by atoms with E-state index < -0.39 is 0 Å². The van der Waals surface area contributed by atoms with Crippen molar-refractivity contribution in [2.24, 2.45) is 0 Å². The summed E-state index contributed by atoms with van der Waals surface area (Å²) in [5.74, 6) is 0.0588. The van der Waals surface area contributed by atoms with Crippen LogP contribution in [0.3, 0.4) is 0 Å². The van der Waals surface area contributed by atoms with Crippen molar-refractivity contribution < 1.29 is 4.79 Å². The lowest BCUT2D eigenvalue weighted by atomic mass is 9.98. The number of likely N-dealkylation sites (tertiary alicyclic amines) is 1. The van der Waals surface area contributed by atoms with Crippen molar-refractivity contribution in [1.82, 2.24) is 24.5 Å². The smallest absolute Gasteiger partial charge is 0.272 e. The molecule has 134 valence electrons. The summed E-state index contributed by atoms with van der Waals surface area (Å²) in [5.41, 5.74) is 2.77. The molecule has 7 heteroatoms. The summed E-state index contributed by atoms with van der Waals surface area (Å²) >= 11 is 0. The highest BCUT2D eigenvalue weighted by atomic mass is 16.2. The number of nitrogens with zero attached hydrogens (tertiary/aromatic N) is 4. The highest BCUT2D eigenvalue weighted by Crippen LogP contribution is 2.30. The van der Waals surface area contributed by atoms with Crippen LogP contribution in [0.2, 0.25) is 0 Å². The number of hydrogen-bond acceptors (Lipinski definition) is 4. The number of nitrogens with one attached hydrogen (secondary N) is 1. The third-order valence-electron chi connectivity index (χ3n) is 4.84. The van der Waals surface area contributed by atoms with Gasteiger partial charge < -0.3 is 4.90 Å². The number of carbonyl (C=O) groups excluding carboxylic acids is 1. The molecule has 3 aromatic heterocycles. The first-order valence-electron chi connectivity index (χ1n) is 8.90. The van der Waals surface area contributed by atoms with Gasteiger partial charge in [0.1, 0.15) is 0 Å². The summed E-state index contributed by atoms with van der Waals surface area (Å²) in [6, 6.07) is 8.91. The van der Waals surface area contributed by atoms with Gasteiger partial charge in [-0.1, -0.05) is 6.07 Å². The fourth-order valence-corrected chi connectivity index (χ4v) is 3.61. The SMILES string of the molecule is Cc1cc(=O)n2[nH]c([C@H]3CCCCN3C(=O)Cc3ccccn3)cc2n1. The largest absolute Gasteiger partial charge is 0.334 e. The molecule has 1 atom stereocenters. The molecule has 1 N–H and O–H groups in total. The number of hydrogen-bond donors (Lipinski definition) is 1. The molecule has 4 heterocycles. The van der Waals surface area contributed by atoms with E-state index in [1.807, 2.05) is 29.2 Å². The molecule has 0 bridgehead atoms. The summed E-state index contributed by atoms with van der Waals surface area (Å²) in [7, 11) is 0. The second kappa shape index (κ2) is 6.74. The molecule has 1 aliphatic rings. The zero-order valence-electron chi connectivity index (χ0n) is 14.7. The lowest BCUT2D eigenvalue weighted by Gasteiger charge is -2.35. The van der Waals surface area contributed by atoms with Crippen LogP contribution in [0.25, 0.3) is 5.65 Å². The normalized spacial score (nSPS) is 17.6. The Morgan fingerprint density at radius 1 is 1.31 bits per heavy atom. The van der Waals surface area contributed by atoms with Gasteiger partial charge in [0.15, 0.2) is 5.65 Å². The van der Waals surface area contributed by atoms with E-state index in [0.29, 0.717) is 17.9 Å². The minimum atomic E-state index is -0.138. The van der Waals surface area contributed by atoms with Crippen molar-refractivity contribution in [2.45, 2.75) is 38.6 Å². The molecule has 1 fully saturated rings. The number of rotatable bonds is 3. The van der Waals surface area contributed by atoms with Crippen LogP contribution in [0.15, 0.2) is 41.3 Å². The van der Waals surface area contributed by atoms with Crippen LogP contribution in [0.1, 0.15) is 42.4 Å². The quantitative estimate of drug-likeness (QED) is 0.782. The predicted octanol–water partition coefficient (Wildman–Crippen LogP) is 2.02. The van der Waals surface area contributed by atoms with Crippen molar-refractivity contribution in [3.05, 3.63) is 64.0 Å². The van der Waals surface area contributed by atoms with E-state index >= 15 is 0 Å². The van der Waals surface area contributed by atoms with Crippen molar-refractivity contribution >= 4 is 11.6 Å². The monoisotopic (exact) mass is 351 g/mol. The van der Waals surface area contributed by atoms with Crippen LogP contribution in [0, 0.1) is 6.92 Å². The molecule has 0 unspecified atom stereocenters. The van der Waals surface area contributed by atoms with E-state index in [-0.39, 0.29) is 23.9 Å². The molecule has 0 saturated carbocycles. The van der Waals surface area contributed by atoms with Crippen molar-refractivity contribution in [1.29, 1.82) is 0 Å². The van der Waals surface area contributed by atoms with Gasteiger partial charge in [0.05, 0.1) is 18.2 Å². The second-order valence-electron chi connectivity index (χ2n) is 6.74. The topological polar surface area (TPSA) is 83.4 Å². The molecule has 3 aromatic rings. The van der Waals surface area contributed by atoms with Gasteiger partial charge in [-0.25, -0.2) is 9.50 Å². The first-order valence-corrected chi connectivity index (χ1v) is 8.90. The lowest BCUT2D eigenvalue weighted by Crippen LogP contribution is -2.39. The lowest BCUT2D eigenvalue weighted by molar-refractivity contribution is -0.134. The van der Waals surface area contributed by atoms with Crippen LogP contribution in [-0.4, -0.2) is 36.9 Å². The van der Waals surface area contributed by atoms with Gasteiger partial charge in [0.2, 0.25) is 5.91 Å². The highest BCUT2D eigenvalue weighted by molar-refractivity contribution is 5.79. The minimum Gasteiger partial charge on any atom is -0.334 e. The number of carbonyl (C=O) groups is 1. The maximum atomic E-state index is 12.9. The number of aromatic amines is 1. The van der Waals surface area contributed by atoms with E-state index in [2.05, 4.69) is 15.1 Å². The average molecular weight is 351 g/mol. The highest BCUT2D eigenvalue weighted by Gasteiger charge is 2.29. The number of amides is 1. The Hall–Kier alpha value is -2.96. The van der Waals surface area contributed by atoms with Gasteiger partial charge in [-0.05, 0) is 38.3 Å². The zero-order valence-corrected chi connectivity index (χ0v) is 14.7. The fourth-order valence-electron chi connectivity index (χ4n) is 3.61. The van der Waals surface area contributed by atoms with Crippen LogP contribution < -0.4 is 5.56 Å². The van der Waals surface area contributed by atoms with Crippen LogP contribution in [0.4, 0.5) is 0 Å². The molecule has 1 saturated heterocycles. The Morgan fingerprint density at radius 2 is 2.19 bits per heavy atom. The van der Waals surface area contributed by atoms with Crippen LogP contribution in [0.5, 0.6) is 0 Å². The van der Waals surface area contributed by atoms with E-state index in [1.165, 1.54) is 10.6 Å². The molecule has 4 rings (SSSR count). The van der Waals surface area contributed by atoms with Gasteiger partial charge in [0.25, 0.3) is 5.56 Å². The molecule has 7 nitrogen and oxygen atoms in total. The third-order valence-corrected chi connectivity index (χ3v) is 4.84. The van der Waals surface area contributed by atoms with Crippen molar-refractivity contribution in [3.8, 4) is 0 Å². The van der Waals surface area contributed by atoms with Crippen LogP contribution >= 0.6 is 0 Å². The number of aryl methyl sites for hydroxylation is 1. The molecule has 1 amide bonds. The zero-order chi connectivity index (χ0) is 18.1. The molecular formula is C19H21N5O2. The second-order valence-corrected chi connectivity index (χ2v) is 6.74. The molecule has 26 heavy (non-hydrogen) atoms. The number of pyridine rings is 1. The molecule has 0 aliphatic carbocycles. The number of H-pyrrole nitrogens is 1. The number of fused-ring (bicyclic) bond motifs is 1. The van der Waals surface area contributed by atoms with E-state index in [1.54, 1.807) is 13.1 Å². The number of aromatic nitrogens is 4. The maximum absolute atomic E-state index is 12.9. The van der Waals surface area contributed by atoms with E-state index in [9.17, 15) is 9.59 Å². The summed E-state index contributed by atoms with van der Waals surface area (Å²) in [4.78, 5) is 35.6. The maximum Gasteiger partial charge on any atom is 0.272 e. The summed E-state index contributed by atoms with van der Waals surface area (Å²) in [6.45, 7) is 2.52. The van der Waals surface area contributed by atoms with Gasteiger partial charge in [0, 0.05) is 36.3 Å². The minimum absolute atomic E-state index is 0.0588. The van der Waals surface area contributed by atoms with E-state index in [0.717, 1.165) is 30.7 Å².